The van der Waals surface area contributed by atoms with Crippen LogP contribution < -0.4 is 11.2 Å². The summed E-state index contributed by atoms with van der Waals surface area (Å²) in [6.07, 6.45) is 1.38. The molecule has 102 valence electrons. The van der Waals surface area contributed by atoms with E-state index >= 15 is 0 Å². The molecule has 3 aromatic rings. The Balaban J connectivity index is 1.73. The van der Waals surface area contributed by atoms with Crippen LogP contribution >= 0.6 is 23.1 Å². The number of aromatic amines is 2. The normalized spacial score (nSPS) is 10.8. The van der Waals surface area contributed by atoms with Crippen molar-refractivity contribution in [2.45, 2.75) is 11.0 Å². The fourth-order valence-corrected chi connectivity index (χ4v) is 2.83. The van der Waals surface area contributed by atoms with E-state index in [-0.39, 0.29) is 0 Å². The highest BCUT2D eigenvalue weighted by Gasteiger charge is 2.10. The smallest absolute Gasteiger partial charge is 0.325 e. The number of hydrogen-bond acceptors (Lipinski definition) is 7. The Hall–Kier alpha value is -2.13. The molecule has 0 aliphatic heterocycles. The summed E-state index contributed by atoms with van der Waals surface area (Å²) in [6, 6.07) is 3.79. The number of thioether (sulfide) groups is 1. The maximum Gasteiger partial charge on any atom is 0.325 e. The minimum Gasteiger partial charge on any atom is -0.410 e. The fourth-order valence-electron chi connectivity index (χ4n) is 1.45. The van der Waals surface area contributed by atoms with Crippen LogP contribution in [0.5, 0.6) is 0 Å². The van der Waals surface area contributed by atoms with Gasteiger partial charge in [0, 0.05) is 17.5 Å². The van der Waals surface area contributed by atoms with Crippen LogP contribution in [0.2, 0.25) is 0 Å². The first-order valence-electron chi connectivity index (χ1n) is 5.53. The van der Waals surface area contributed by atoms with E-state index < -0.39 is 11.2 Å². The van der Waals surface area contributed by atoms with Gasteiger partial charge in [-0.2, -0.15) is 0 Å². The second-order valence-corrected chi connectivity index (χ2v) is 5.61. The van der Waals surface area contributed by atoms with Gasteiger partial charge >= 0.3 is 5.69 Å². The van der Waals surface area contributed by atoms with E-state index in [1.165, 1.54) is 29.3 Å². The van der Waals surface area contributed by atoms with Crippen molar-refractivity contribution in [3.8, 4) is 10.8 Å². The molecular weight excluding hydrogens is 300 g/mol. The number of nitrogens with zero attached hydrogens (tertiary/aromatic N) is 2. The molecule has 0 saturated carbocycles. The number of H-pyrrole nitrogens is 2. The quantitative estimate of drug-likeness (QED) is 0.707. The molecule has 0 atom stereocenters. The Kier molecular flexibility index (Phi) is 3.52. The van der Waals surface area contributed by atoms with Crippen molar-refractivity contribution in [1.29, 1.82) is 0 Å². The highest BCUT2D eigenvalue weighted by molar-refractivity contribution is 7.98. The topological polar surface area (TPSA) is 105 Å². The number of rotatable bonds is 4. The maximum absolute atomic E-state index is 11.5. The van der Waals surface area contributed by atoms with Crippen LogP contribution in [0.3, 0.4) is 0 Å². The summed E-state index contributed by atoms with van der Waals surface area (Å²) in [6.45, 7) is 0. The molecule has 0 saturated heterocycles. The third-order valence-electron chi connectivity index (χ3n) is 2.39. The molecule has 0 bridgehead atoms. The molecule has 0 aromatic carbocycles. The summed E-state index contributed by atoms with van der Waals surface area (Å²) in [4.78, 5) is 27.9. The van der Waals surface area contributed by atoms with Gasteiger partial charge in [-0.15, -0.1) is 21.5 Å². The zero-order valence-corrected chi connectivity index (χ0v) is 11.6. The summed E-state index contributed by atoms with van der Waals surface area (Å²) in [5, 5.41) is 10.1. The van der Waals surface area contributed by atoms with Crippen LogP contribution in [0.4, 0.5) is 0 Å². The predicted octanol–water partition coefficient (Wildman–Crippen LogP) is 1.47. The van der Waals surface area contributed by atoms with Gasteiger partial charge in [0.15, 0.2) is 0 Å². The summed E-state index contributed by atoms with van der Waals surface area (Å²) < 4.78 is 5.48. The van der Waals surface area contributed by atoms with Gasteiger partial charge in [-0.3, -0.25) is 9.78 Å². The molecule has 3 heterocycles. The van der Waals surface area contributed by atoms with E-state index in [9.17, 15) is 9.59 Å². The monoisotopic (exact) mass is 308 g/mol. The van der Waals surface area contributed by atoms with Gasteiger partial charge in [0.1, 0.15) is 0 Å². The van der Waals surface area contributed by atoms with E-state index in [1.54, 1.807) is 0 Å². The lowest BCUT2D eigenvalue weighted by Crippen LogP contribution is -2.24. The second-order valence-electron chi connectivity index (χ2n) is 3.74. The average molecular weight is 308 g/mol. The van der Waals surface area contributed by atoms with Crippen molar-refractivity contribution in [3.05, 3.63) is 50.1 Å². The van der Waals surface area contributed by atoms with E-state index in [0.29, 0.717) is 22.4 Å². The number of hydrogen-bond donors (Lipinski definition) is 2. The Labute approximate surface area is 120 Å². The molecule has 0 aliphatic rings. The standard InChI is InChI=1S/C11H8N4O3S2/c16-8-6(4-12-10(17)13-8)5-20-11-15-14-9(18-11)7-2-1-3-19-7/h1-4H,5H2,(H2,12,13,16,17). The number of aromatic nitrogens is 4. The van der Waals surface area contributed by atoms with E-state index in [4.69, 9.17) is 4.42 Å². The zero-order chi connectivity index (χ0) is 13.9. The van der Waals surface area contributed by atoms with Crippen molar-refractivity contribution in [2.24, 2.45) is 0 Å². The molecule has 7 nitrogen and oxygen atoms in total. The largest absolute Gasteiger partial charge is 0.410 e. The second kappa shape index (κ2) is 5.47. The van der Waals surface area contributed by atoms with Crippen LogP contribution in [0, 0.1) is 0 Å². The molecule has 0 aliphatic carbocycles. The van der Waals surface area contributed by atoms with Crippen molar-refractivity contribution < 1.29 is 4.42 Å². The Morgan fingerprint density at radius 2 is 2.25 bits per heavy atom. The van der Waals surface area contributed by atoms with Crippen LogP contribution in [0.25, 0.3) is 10.8 Å². The first-order chi connectivity index (χ1) is 9.72. The molecule has 0 amide bonds. The highest BCUT2D eigenvalue weighted by Crippen LogP contribution is 2.27. The zero-order valence-electron chi connectivity index (χ0n) is 9.95. The van der Waals surface area contributed by atoms with Crippen LogP contribution in [-0.4, -0.2) is 20.2 Å². The molecule has 3 aromatic heterocycles. The number of thiophene rings is 1. The van der Waals surface area contributed by atoms with Gasteiger partial charge in [0.05, 0.1) is 4.88 Å². The Morgan fingerprint density at radius 1 is 1.35 bits per heavy atom. The molecule has 0 fully saturated rings. The average Bonchev–Trinajstić information content (AvgIpc) is 3.08. The third-order valence-corrected chi connectivity index (χ3v) is 4.11. The predicted molar refractivity (Wildman–Crippen MR) is 74.9 cm³/mol. The third kappa shape index (κ3) is 2.73. The van der Waals surface area contributed by atoms with Crippen LogP contribution in [0.1, 0.15) is 5.56 Å². The molecule has 9 heteroatoms. The highest BCUT2D eigenvalue weighted by atomic mass is 32.2. The number of nitrogens with one attached hydrogen (secondary N) is 2. The fraction of sp³-hybridized carbons (Fsp3) is 0.0909. The molecule has 0 spiro atoms. The van der Waals surface area contributed by atoms with Crippen molar-refractivity contribution >= 4 is 23.1 Å². The van der Waals surface area contributed by atoms with Crippen LogP contribution in [-0.2, 0) is 5.75 Å². The molecule has 3 rings (SSSR count). The SMILES string of the molecule is O=c1[nH]cc(CSc2nnc(-c3cccs3)o2)c(=O)[nH]1. The van der Waals surface area contributed by atoms with Crippen LogP contribution in [0.15, 0.2) is 42.9 Å². The summed E-state index contributed by atoms with van der Waals surface area (Å²) in [5.74, 6) is 0.788. The Bertz CT molecular complexity index is 819. The minimum atomic E-state index is -0.526. The maximum atomic E-state index is 11.5. The van der Waals surface area contributed by atoms with E-state index in [2.05, 4.69) is 20.2 Å². The lowest BCUT2D eigenvalue weighted by atomic mass is 10.4. The first-order valence-corrected chi connectivity index (χ1v) is 7.40. The first kappa shape index (κ1) is 12.9. The summed E-state index contributed by atoms with van der Waals surface area (Å²) in [5.41, 5.74) is -0.508. The summed E-state index contributed by atoms with van der Waals surface area (Å²) in [7, 11) is 0. The van der Waals surface area contributed by atoms with Gasteiger partial charge in [-0.05, 0) is 11.4 Å². The minimum absolute atomic E-state index is 0.332. The van der Waals surface area contributed by atoms with Crippen molar-refractivity contribution in [3.63, 3.8) is 0 Å². The summed E-state index contributed by atoms with van der Waals surface area (Å²) >= 11 is 2.74. The van der Waals surface area contributed by atoms with Gasteiger partial charge < -0.3 is 9.40 Å². The van der Waals surface area contributed by atoms with E-state index in [0.717, 1.165) is 4.88 Å². The lowest BCUT2D eigenvalue weighted by Gasteiger charge is -1.95. The van der Waals surface area contributed by atoms with Crippen molar-refractivity contribution in [1.82, 2.24) is 20.2 Å². The Morgan fingerprint density at radius 3 is 3.00 bits per heavy atom. The molecule has 0 unspecified atom stereocenters. The molecule has 20 heavy (non-hydrogen) atoms. The molecule has 0 radical (unpaired) electrons. The molecule has 2 N–H and O–H groups in total. The van der Waals surface area contributed by atoms with Gasteiger partial charge in [0.25, 0.3) is 16.7 Å². The van der Waals surface area contributed by atoms with E-state index in [1.807, 2.05) is 17.5 Å². The molecular formula is C11H8N4O3S2. The van der Waals surface area contributed by atoms with Gasteiger partial charge in [-0.25, -0.2) is 4.79 Å². The van der Waals surface area contributed by atoms with Gasteiger partial charge in [-0.1, -0.05) is 17.8 Å². The van der Waals surface area contributed by atoms with Crippen molar-refractivity contribution in [2.75, 3.05) is 0 Å². The van der Waals surface area contributed by atoms with Gasteiger partial charge in [0.2, 0.25) is 0 Å². The lowest BCUT2D eigenvalue weighted by molar-refractivity contribution is 0.466.